The first kappa shape index (κ1) is 53.3. The van der Waals surface area contributed by atoms with Crippen LogP contribution < -0.4 is 113 Å². The number of nitrogens with one attached hydrogen (secondary N) is 1. The maximum atomic E-state index is 12.4. The molecule has 2 aliphatic rings. The van der Waals surface area contributed by atoms with E-state index in [0.29, 0.717) is 50.9 Å². The molecule has 0 radical (unpaired) electrons. The molecule has 17 nitrogen and oxygen atoms in total. The van der Waals surface area contributed by atoms with E-state index >= 15 is 0 Å². The van der Waals surface area contributed by atoms with Gasteiger partial charge in [-0.05, 0) is 70.9 Å². The number of carbonyl (C=O) groups is 1. The fourth-order valence-corrected chi connectivity index (χ4v) is 10.2. The molecule has 1 aromatic heterocycles. The predicted octanol–water partition coefficient (Wildman–Crippen LogP) is -3.27. The topological polar surface area (TPSA) is 273 Å². The van der Waals surface area contributed by atoms with E-state index in [-0.39, 0.29) is 152 Å². The molecule has 1 aromatic rings. The number of carbonyl (C=O) groups excluding carboxylic acids is 1. The zero-order valence-corrected chi connectivity index (χ0v) is 41.9. The van der Waals surface area contributed by atoms with Gasteiger partial charge in [0.25, 0.3) is 0 Å². The van der Waals surface area contributed by atoms with Crippen molar-refractivity contribution in [3.8, 4) is 6.07 Å². The molecule has 2 saturated carbocycles. The first-order valence-corrected chi connectivity index (χ1v) is 22.7. The van der Waals surface area contributed by atoms with Crippen LogP contribution in [0.2, 0.25) is 0 Å². The fraction of sp³-hybridized carbons (Fsp3) is 0.833. The van der Waals surface area contributed by atoms with Crippen LogP contribution in [0.5, 0.6) is 0 Å². The molecule has 54 heavy (non-hydrogen) atoms. The minimum absolute atomic E-state index is 0. The molecule has 0 bridgehead atoms. The van der Waals surface area contributed by atoms with Gasteiger partial charge in [-0.25, -0.2) is 35.1 Å². The van der Waals surface area contributed by atoms with Crippen molar-refractivity contribution in [1.82, 2.24) is 20.0 Å². The van der Waals surface area contributed by atoms with E-state index in [0.717, 1.165) is 0 Å². The summed E-state index contributed by atoms with van der Waals surface area (Å²) < 4.78 is 92.5. The zero-order valence-electron chi connectivity index (χ0n) is 31.6. The van der Waals surface area contributed by atoms with Gasteiger partial charge < -0.3 is 19.3 Å². The Kier molecular flexibility index (Phi) is 22.5. The molecule has 5 unspecified atom stereocenters. The summed E-state index contributed by atoms with van der Waals surface area (Å²) in [4.78, 5) is 14.4. The van der Waals surface area contributed by atoms with Crippen LogP contribution in [-0.2, 0) is 40.5 Å². The van der Waals surface area contributed by atoms with E-state index in [1.54, 1.807) is 0 Å². The quantitative estimate of drug-likeness (QED) is 0.0544. The fourth-order valence-electron chi connectivity index (χ4n) is 6.85. The molecule has 0 spiro atoms. The minimum Gasteiger partial charge on any atom is -0.748 e. The van der Waals surface area contributed by atoms with Crippen LogP contribution in [0.1, 0.15) is 103 Å². The Morgan fingerprint density at radius 1 is 0.981 bits per heavy atom. The molecule has 296 valence electrons. The van der Waals surface area contributed by atoms with E-state index in [1.807, 2.05) is 20.8 Å². The monoisotopic (exact) mass is 908 g/mol. The maximum Gasteiger partial charge on any atom is 1.00 e. The van der Waals surface area contributed by atoms with Gasteiger partial charge in [0.2, 0.25) is 15.9 Å². The molecule has 0 saturated heterocycles. The van der Waals surface area contributed by atoms with E-state index in [9.17, 15) is 44.4 Å². The number of nitrogens with zero attached hydrogens (tertiary/aromatic N) is 6. The maximum absolute atomic E-state index is 12.4. The molecule has 1 heterocycles. The summed E-state index contributed by atoms with van der Waals surface area (Å²) in [7, 11) is -12.7. The third-order valence-electron chi connectivity index (χ3n) is 9.34. The molecule has 1 amide bonds. The van der Waals surface area contributed by atoms with Gasteiger partial charge in [0.1, 0.15) is 11.6 Å². The Labute approximate surface area is 414 Å². The number of nitriles is 1. The summed E-state index contributed by atoms with van der Waals surface area (Å²) in [5, 5.41) is 29.9. The van der Waals surface area contributed by atoms with Crippen LogP contribution in [0.25, 0.3) is 0 Å². The molecule has 2 fully saturated rings. The predicted molar refractivity (Wildman–Crippen MR) is 193 cm³/mol. The third-order valence-corrected chi connectivity index (χ3v) is 13.1. The Balaban J connectivity index is 0.00000729. The van der Waals surface area contributed by atoms with Gasteiger partial charge in [-0.1, -0.05) is 20.8 Å². The number of rotatable bonds is 16. The van der Waals surface area contributed by atoms with E-state index < -0.39 is 81.3 Å². The Morgan fingerprint density at radius 3 is 1.93 bits per heavy atom. The van der Waals surface area contributed by atoms with E-state index in [1.165, 1.54) is 11.6 Å². The first-order valence-electron chi connectivity index (χ1n) is 17.0. The second-order valence-corrected chi connectivity index (χ2v) is 20.6. The summed E-state index contributed by atoms with van der Waals surface area (Å²) in [5.74, 6) is -1.26. The number of hydrogen-bond donors (Lipinski definition) is 2. The number of hydrogen-bond acceptors (Lipinski definition) is 14. The van der Waals surface area contributed by atoms with E-state index in [2.05, 4.69) is 26.5 Å². The SMILES string of the molecule is CC(=O)NC1CC(N(CCCCS(=O)(=O)[O-])CCCCS(=O)(=O)[O-])CCC1N=Nc1c(C#N)c(C(C)(C)C)nn1C1C(Cl)CC(S(N)(=O)=O)CC1Cl.[K+].[K+]. The molecule has 24 heteroatoms. The van der Waals surface area contributed by atoms with Crippen LogP contribution in [-0.4, -0.2) is 114 Å². The summed E-state index contributed by atoms with van der Waals surface area (Å²) >= 11 is 13.5. The van der Waals surface area contributed by atoms with Gasteiger partial charge in [0.15, 0.2) is 5.82 Å². The summed E-state index contributed by atoms with van der Waals surface area (Å²) in [6.07, 6.45) is 2.42. The number of amides is 1. The van der Waals surface area contributed by atoms with Crippen LogP contribution in [0.4, 0.5) is 5.82 Å². The van der Waals surface area contributed by atoms with Crippen molar-refractivity contribution >= 4 is 65.2 Å². The van der Waals surface area contributed by atoms with Gasteiger partial charge >= 0.3 is 103 Å². The van der Waals surface area contributed by atoms with Gasteiger partial charge in [-0.15, -0.1) is 28.3 Å². The summed E-state index contributed by atoms with van der Waals surface area (Å²) in [6.45, 7) is 7.77. The van der Waals surface area contributed by atoms with Crippen molar-refractivity contribution in [2.75, 3.05) is 24.6 Å². The molecule has 3 N–H and O–H groups in total. The van der Waals surface area contributed by atoms with Crippen molar-refractivity contribution in [2.24, 2.45) is 15.4 Å². The molecule has 3 rings (SSSR count). The van der Waals surface area contributed by atoms with Gasteiger partial charge in [0.05, 0.1) is 60.1 Å². The van der Waals surface area contributed by atoms with E-state index in [4.69, 9.17) is 33.4 Å². The Morgan fingerprint density at radius 2 is 1.50 bits per heavy atom. The average molecular weight is 910 g/mol. The largest absolute Gasteiger partial charge is 1.00 e. The standard InChI is InChI=1S/C30H50Cl2N8O9S3.2K/c1-19(41)35-26-15-20(39(11-5-7-13-50(42,43)44)12-6-8-14-51(45,46)47)9-10-25(26)36-37-29-22(18-33)28(30(2,3)4)38-40(29)27-23(31)16-21(17-24(27)32)52(34,48)49;;/h20-21,23-27H,5-17H2,1-4H3,(H,35,41)(H2,34,48,49)(H,42,43,44)(H,45,46,47);;/q;2*+1/p-2. The van der Waals surface area contributed by atoms with Crippen molar-refractivity contribution < 1.29 is 142 Å². The second kappa shape index (κ2) is 22.8. The second-order valence-electron chi connectivity index (χ2n) is 14.6. The first-order chi connectivity index (χ1) is 23.9. The van der Waals surface area contributed by atoms with Crippen molar-refractivity contribution in [3.05, 3.63) is 11.3 Å². The zero-order chi connectivity index (χ0) is 39.2. The molecule has 0 aromatic carbocycles. The number of azo groups is 1. The number of nitrogens with two attached hydrogens (primary N) is 1. The molecular formula is C30H48Cl2K2N8O9S3. The van der Waals surface area contributed by atoms with Crippen molar-refractivity contribution in [1.29, 1.82) is 5.26 Å². The minimum atomic E-state index is -4.39. The van der Waals surface area contributed by atoms with Crippen LogP contribution in [0.3, 0.4) is 0 Å². The summed E-state index contributed by atoms with van der Waals surface area (Å²) in [5.41, 5.74) is -0.0518. The number of aromatic nitrogens is 2. The van der Waals surface area contributed by atoms with Crippen LogP contribution in [0.15, 0.2) is 10.2 Å². The molecule has 5 atom stereocenters. The smallest absolute Gasteiger partial charge is 0.748 e. The Bertz CT molecular complexity index is 1770. The normalized spacial score (nSPS) is 25.5. The number of primary sulfonamides is 1. The number of alkyl halides is 2. The molecule has 2 aliphatic carbocycles. The van der Waals surface area contributed by atoms with Crippen LogP contribution >= 0.6 is 23.2 Å². The average Bonchev–Trinajstić information content (AvgIpc) is 3.36. The van der Waals surface area contributed by atoms with Gasteiger partial charge in [0, 0.05) is 29.9 Å². The van der Waals surface area contributed by atoms with Crippen LogP contribution in [0, 0.1) is 11.3 Å². The summed E-state index contributed by atoms with van der Waals surface area (Å²) in [6, 6.07) is 0.196. The molecular weight excluding hydrogens is 862 g/mol. The van der Waals surface area contributed by atoms with Gasteiger partial charge in [-0.2, -0.15) is 15.5 Å². The third kappa shape index (κ3) is 16.8. The number of unbranched alkanes of at least 4 members (excludes halogenated alkanes) is 2. The van der Waals surface area contributed by atoms with Gasteiger partial charge in [-0.3, -0.25) is 4.79 Å². The van der Waals surface area contributed by atoms with Crippen molar-refractivity contribution in [3.63, 3.8) is 0 Å². The molecule has 0 aliphatic heterocycles. The number of halogens is 2. The number of sulfonamides is 1. The van der Waals surface area contributed by atoms with Crippen molar-refractivity contribution in [2.45, 2.75) is 131 Å². The Hall–Kier alpha value is 1.31.